The number of ether oxygens (including phenoxy) is 1. The number of halogens is 2. The number of hydrogen-bond donors (Lipinski definition) is 2. The molecule has 10 heteroatoms. The van der Waals surface area contributed by atoms with Crippen LogP contribution in [0.1, 0.15) is 10.4 Å². The second-order valence-electron chi connectivity index (χ2n) is 5.97. The molecule has 3 aromatic rings. The molecule has 142 valence electrons. The Labute approximate surface area is 182 Å². The molecule has 0 unspecified atom stereocenters. The minimum Gasteiger partial charge on any atom is -0.545 e. The fourth-order valence-corrected chi connectivity index (χ4v) is 3.03. The molecule has 7 nitrogen and oxygen atoms in total. The summed E-state index contributed by atoms with van der Waals surface area (Å²) in [7, 11) is 0. The zero-order valence-electron chi connectivity index (χ0n) is 15.3. The van der Waals surface area contributed by atoms with Crippen LogP contribution in [0.4, 0.5) is 21.6 Å². The topological polar surface area (TPSA) is 99.2 Å². The second-order valence-corrected chi connectivity index (χ2v) is 6.40. The summed E-state index contributed by atoms with van der Waals surface area (Å²) >= 11 is 6.01. The number of carbonyl (C=O) groups excluding carboxylic acids is 1. The van der Waals surface area contributed by atoms with E-state index in [2.05, 4.69) is 20.6 Å². The number of carboxylic acids is 1. The maximum absolute atomic E-state index is 14.4. The van der Waals surface area contributed by atoms with Crippen molar-refractivity contribution >= 4 is 34.8 Å². The van der Waals surface area contributed by atoms with Crippen LogP contribution < -0.4 is 39.3 Å². The van der Waals surface area contributed by atoms with E-state index in [4.69, 9.17) is 16.3 Å². The number of rotatable bonds is 4. The molecule has 1 aliphatic rings. The number of aromatic nitrogens is 2. The van der Waals surface area contributed by atoms with Gasteiger partial charge in [0.1, 0.15) is 12.4 Å². The molecule has 0 saturated carbocycles. The van der Waals surface area contributed by atoms with Crippen molar-refractivity contribution in [3.05, 3.63) is 59.1 Å². The predicted octanol–water partition coefficient (Wildman–Crippen LogP) is -0.149. The smallest absolute Gasteiger partial charge is 0.545 e. The fourth-order valence-electron chi connectivity index (χ4n) is 2.86. The van der Waals surface area contributed by atoms with E-state index >= 15 is 0 Å². The molecular formula is C19H13ClFLiN4O3. The Bertz CT molecular complexity index is 1080. The first-order chi connectivity index (χ1) is 13.5. The van der Waals surface area contributed by atoms with Crippen LogP contribution in [0.2, 0.25) is 5.02 Å². The summed E-state index contributed by atoms with van der Waals surface area (Å²) in [5.74, 6) is -1.05. The third kappa shape index (κ3) is 4.30. The van der Waals surface area contributed by atoms with Gasteiger partial charge in [0.05, 0.1) is 29.6 Å². The largest absolute Gasteiger partial charge is 1.00 e. The van der Waals surface area contributed by atoms with E-state index in [0.29, 0.717) is 41.1 Å². The Hall–Kier alpha value is -2.79. The first kappa shape index (κ1) is 20.9. The van der Waals surface area contributed by atoms with Gasteiger partial charge in [-0.3, -0.25) is 4.98 Å². The summed E-state index contributed by atoms with van der Waals surface area (Å²) in [6, 6.07) is 7.24. The molecule has 2 aromatic heterocycles. The molecule has 0 bridgehead atoms. The van der Waals surface area contributed by atoms with Crippen LogP contribution in [-0.4, -0.2) is 29.1 Å². The van der Waals surface area contributed by atoms with E-state index in [1.165, 1.54) is 36.7 Å². The number of carbonyl (C=O) groups is 1. The van der Waals surface area contributed by atoms with Gasteiger partial charge in [0.2, 0.25) is 0 Å². The molecule has 4 rings (SSSR count). The van der Waals surface area contributed by atoms with E-state index in [1.54, 1.807) is 6.07 Å². The van der Waals surface area contributed by atoms with Crippen molar-refractivity contribution in [3.63, 3.8) is 0 Å². The van der Waals surface area contributed by atoms with Crippen LogP contribution >= 0.6 is 11.6 Å². The molecule has 1 aliphatic heterocycles. The standard InChI is InChI=1S/C19H14ClFN4O3.Li/c20-10-1-2-13(21)11(7-10)15-8-16(17-18(25-15)23-5-6-28-17)24-14-3-4-22-9-12(14)19(26)27;/h1-4,7-9H,5-6H2,(H,26,27)(H2,22,23,24,25);/q;+1/p-1. The van der Waals surface area contributed by atoms with Crippen molar-refractivity contribution in [1.29, 1.82) is 0 Å². The van der Waals surface area contributed by atoms with Crippen LogP contribution in [0, 0.1) is 5.82 Å². The van der Waals surface area contributed by atoms with Crippen LogP contribution in [0.3, 0.4) is 0 Å². The van der Waals surface area contributed by atoms with Crippen molar-refractivity contribution in [3.8, 4) is 17.0 Å². The van der Waals surface area contributed by atoms with Gasteiger partial charge in [-0.25, -0.2) is 9.37 Å². The van der Waals surface area contributed by atoms with E-state index in [9.17, 15) is 14.3 Å². The van der Waals surface area contributed by atoms with Crippen LogP contribution in [0.15, 0.2) is 42.7 Å². The first-order valence-electron chi connectivity index (χ1n) is 8.32. The Morgan fingerprint density at radius 2 is 2.10 bits per heavy atom. The number of nitrogens with zero attached hydrogens (tertiary/aromatic N) is 2. The van der Waals surface area contributed by atoms with Crippen LogP contribution in [0.25, 0.3) is 11.3 Å². The summed E-state index contributed by atoms with van der Waals surface area (Å²) in [5, 5.41) is 17.8. The Morgan fingerprint density at radius 3 is 2.90 bits per heavy atom. The molecule has 0 fully saturated rings. The van der Waals surface area contributed by atoms with Gasteiger partial charge < -0.3 is 25.3 Å². The normalized spacial score (nSPS) is 12.1. The molecule has 0 saturated heterocycles. The van der Waals surface area contributed by atoms with Crippen molar-refractivity contribution in [1.82, 2.24) is 9.97 Å². The number of nitrogens with one attached hydrogen (secondary N) is 2. The van der Waals surface area contributed by atoms with Crippen LogP contribution in [-0.2, 0) is 0 Å². The molecule has 29 heavy (non-hydrogen) atoms. The van der Waals surface area contributed by atoms with E-state index in [-0.39, 0.29) is 35.7 Å². The van der Waals surface area contributed by atoms with E-state index in [1.807, 2.05) is 0 Å². The van der Waals surface area contributed by atoms with Gasteiger partial charge >= 0.3 is 18.9 Å². The minimum atomic E-state index is -1.38. The molecule has 0 atom stereocenters. The van der Waals surface area contributed by atoms with Gasteiger partial charge in [0.25, 0.3) is 0 Å². The SMILES string of the molecule is O=C([O-])c1cnccc1Nc1cc(-c2cc(Cl)ccc2F)nc2c1OCCN2.[Li+]. The molecular weight excluding hydrogens is 394 g/mol. The van der Waals surface area contributed by atoms with Gasteiger partial charge in [-0.15, -0.1) is 0 Å². The first-order valence-corrected chi connectivity index (χ1v) is 8.70. The predicted molar refractivity (Wildman–Crippen MR) is 100 cm³/mol. The number of fused-ring (bicyclic) bond motifs is 1. The number of benzene rings is 1. The van der Waals surface area contributed by atoms with E-state index in [0.717, 1.165) is 0 Å². The maximum Gasteiger partial charge on any atom is 1.00 e. The van der Waals surface area contributed by atoms with Crippen LogP contribution in [0.5, 0.6) is 5.75 Å². The number of aromatic carboxylic acids is 1. The monoisotopic (exact) mass is 406 g/mol. The van der Waals surface area contributed by atoms with Crippen molar-refractivity contribution in [2.45, 2.75) is 0 Å². The number of carboxylic acid groups (broad SMARTS) is 1. The van der Waals surface area contributed by atoms with Gasteiger partial charge in [0.15, 0.2) is 11.6 Å². The van der Waals surface area contributed by atoms with Gasteiger partial charge in [-0.1, -0.05) is 11.6 Å². The average molecular weight is 407 g/mol. The quantitative estimate of drug-likeness (QED) is 0.581. The van der Waals surface area contributed by atoms with Crippen molar-refractivity contribution < 1.29 is 37.9 Å². The summed E-state index contributed by atoms with van der Waals surface area (Å²) in [6.07, 6.45) is 2.63. The molecule has 2 N–H and O–H groups in total. The third-order valence-electron chi connectivity index (χ3n) is 4.13. The second kappa shape index (κ2) is 8.70. The molecule has 0 spiro atoms. The summed E-state index contributed by atoms with van der Waals surface area (Å²) < 4.78 is 20.0. The molecule has 0 radical (unpaired) electrons. The zero-order valence-corrected chi connectivity index (χ0v) is 16.1. The molecule has 3 heterocycles. The van der Waals surface area contributed by atoms with Crippen molar-refractivity contribution in [2.75, 3.05) is 23.8 Å². The molecule has 1 aromatic carbocycles. The molecule has 0 amide bonds. The zero-order chi connectivity index (χ0) is 19.7. The summed E-state index contributed by atoms with van der Waals surface area (Å²) in [4.78, 5) is 19.6. The summed E-state index contributed by atoms with van der Waals surface area (Å²) in [5.41, 5.74) is 1.08. The maximum atomic E-state index is 14.4. The Kier molecular flexibility index (Phi) is 6.28. The third-order valence-corrected chi connectivity index (χ3v) is 4.36. The van der Waals surface area contributed by atoms with Gasteiger partial charge in [0, 0.05) is 28.5 Å². The van der Waals surface area contributed by atoms with Gasteiger partial charge in [-0.2, -0.15) is 0 Å². The van der Waals surface area contributed by atoms with Gasteiger partial charge in [-0.05, 0) is 30.3 Å². The Balaban J connectivity index is 0.00000240. The molecule has 0 aliphatic carbocycles. The fraction of sp³-hybridized carbons (Fsp3) is 0.105. The number of pyridine rings is 2. The van der Waals surface area contributed by atoms with E-state index < -0.39 is 11.8 Å². The number of anilines is 3. The average Bonchev–Trinajstić information content (AvgIpc) is 2.70. The summed E-state index contributed by atoms with van der Waals surface area (Å²) in [6.45, 7) is 0.929. The minimum absolute atomic E-state index is 0. The Morgan fingerprint density at radius 1 is 1.28 bits per heavy atom. The number of hydrogen-bond acceptors (Lipinski definition) is 7. The van der Waals surface area contributed by atoms with Crippen molar-refractivity contribution in [2.24, 2.45) is 0 Å².